The van der Waals surface area contributed by atoms with Gasteiger partial charge in [-0.05, 0) is 57.6 Å². The fourth-order valence-electron chi connectivity index (χ4n) is 3.72. The first-order valence-corrected chi connectivity index (χ1v) is 9.98. The molecule has 0 saturated heterocycles. The average molecular weight is 381 g/mol. The molecule has 4 rings (SSSR count). The molecule has 0 unspecified atom stereocenters. The van der Waals surface area contributed by atoms with Crippen LogP contribution >= 0.6 is 0 Å². The van der Waals surface area contributed by atoms with Crippen molar-refractivity contribution in [3.8, 4) is 11.5 Å². The highest BCUT2D eigenvalue weighted by Gasteiger charge is 2.37. The van der Waals surface area contributed by atoms with E-state index in [4.69, 9.17) is 4.98 Å². The summed E-state index contributed by atoms with van der Waals surface area (Å²) in [4.78, 5) is 27.0. The van der Waals surface area contributed by atoms with Crippen molar-refractivity contribution in [1.82, 2.24) is 19.9 Å². The highest BCUT2D eigenvalue weighted by atomic mass is 16.4. The van der Waals surface area contributed by atoms with Gasteiger partial charge < -0.3 is 10.4 Å². The van der Waals surface area contributed by atoms with Crippen molar-refractivity contribution in [1.29, 1.82) is 0 Å². The predicted molar refractivity (Wildman–Crippen MR) is 107 cm³/mol. The number of rotatable bonds is 8. The lowest BCUT2D eigenvalue weighted by Crippen LogP contribution is -2.52. The fourth-order valence-corrected chi connectivity index (χ4v) is 3.72. The second-order valence-corrected chi connectivity index (χ2v) is 8.05. The molecular formula is C21H27N5O2. The maximum atomic E-state index is 11.2. The number of aryl methyl sites for hydroxylation is 1. The maximum absolute atomic E-state index is 11.2. The van der Waals surface area contributed by atoms with E-state index in [1.807, 2.05) is 32.0 Å². The van der Waals surface area contributed by atoms with Gasteiger partial charge in [0.05, 0.1) is 6.54 Å². The Balaban J connectivity index is 1.42. The number of carboxylic acid groups (broad SMARTS) is 1. The number of anilines is 1. The van der Waals surface area contributed by atoms with Crippen LogP contribution in [0.15, 0.2) is 24.4 Å². The van der Waals surface area contributed by atoms with Crippen molar-refractivity contribution in [2.75, 3.05) is 18.4 Å². The minimum atomic E-state index is -0.737. The zero-order chi connectivity index (χ0) is 19.7. The van der Waals surface area contributed by atoms with Crippen molar-refractivity contribution in [2.45, 2.75) is 51.6 Å². The summed E-state index contributed by atoms with van der Waals surface area (Å²) in [5.41, 5.74) is 2.75. The minimum absolute atomic E-state index is 0.142. The first-order valence-electron chi connectivity index (χ1n) is 9.98. The van der Waals surface area contributed by atoms with Gasteiger partial charge in [-0.1, -0.05) is 6.07 Å². The van der Waals surface area contributed by atoms with E-state index in [1.165, 1.54) is 12.8 Å². The number of nitrogens with zero attached hydrogens (tertiary/aromatic N) is 4. The summed E-state index contributed by atoms with van der Waals surface area (Å²) < 4.78 is 0. The molecule has 148 valence electrons. The summed E-state index contributed by atoms with van der Waals surface area (Å²) in [7, 11) is 0. The van der Waals surface area contributed by atoms with Gasteiger partial charge >= 0.3 is 5.97 Å². The van der Waals surface area contributed by atoms with Gasteiger partial charge in [-0.3, -0.25) is 14.7 Å². The summed E-state index contributed by atoms with van der Waals surface area (Å²) in [6.45, 7) is 5.07. The minimum Gasteiger partial charge on any atom is -0.480 e. The second-order valence-electron chi connectivity index (χ2n) is 8.05. The SMILES string of the molecule is Cc1nc(-c2ccccn2)nc(NC2CC(N(CC(=O)O)CC3CC3)C2)c1C. The molecule has 0 aliphatic heterocycles. The molecule has 2 heterocycles. The Labute approximate surface area is 165 Å². The van der Waals surface area contributed by atoms with Crippen LogP contribution in [0.25, 0.3) is 11.5 Å². The standard InChI is InChI=1S/C21H27N5O2/c1-13-14(2)23-21(18-5-3-4-8-22-18)25-20(13)24-16-9-17(10-16)26(12-19(27)28)11-15-6-7-15/h3-5,8,15-17H,6-7,9-12H2,1-2H3,(H,27,28)(H,23,24,25). The van der Waals surface area contributed by atoms with Crippen LogP contribution in [-0.2, 0) is 4.79 Å². The topological polar surface area (TPSA) is 91.2 Å². The molecule has 0 bridgehead atoms. The van der Waals surface area contributed by atoms with Crippen molar-refractivity contribution < 1.29 is 9.90 Å². The van der Waals surface area contributed by atoms with E-state index in [0.29, 0.717) is 23.8 Å². The molecule has 2 N–H and O–H groups in total. The molecule has 0 radical (unpaired) electrons. The number of hydrogen-bond acceptors (Lipinski definition) is 6. The number of carbonyl (C=O) groups is 1. The molecule has 28 heavy (non-hydrogen) atoms. The smallest absolute Gasteiger partial charge is 0.317 e. The van der Waals surface area contributed by atoms with Crippen LogP contribution in [-0.4, -0.2) is 56.1 Å². The Morgan fingerprint density at radius 3 is 2.68 bits per heavy atom. The third-order valence-electron chi connectivity index (χ3n) is 5.78. The number of pyridine rings is 1. The van der Waals surface area contributed by atoms with E-state index in [9.17, 15) is 9.90 Å². The molecule has 0 spiro atoms. The van der Waals surface area contributed by atoms with Crippen molar-refractivity contribution >= 4 is 11.8 Å². The molecular weight excluding hydrogens is 354 g/mol. The normalized spacial score (nSPS) is 21.4. The lowest BCUT2D eigenvalue weighted by atomic mass is 9.85. The number of aromatic nitrogens is 3. The van der Waals surface area contributed by atoms with Crippen LogP contribution in [0, 0.1) is 19.8 Å². The van der Waals surface area contributed by atoms with E-state index < -0.39 is 5.97 Å². The molecule has 2 aromatic heterocycles. The van der Waals surface area contributed by atoms with Crippen LogP contribution in [0.5, 0.6) is 0 Å². The Kier molecular flexibility index (Phi) is 5.26. The summed E-state index contributed by atoms with van der Waals surface area (Å²) in [5, 5.41) is 12.8. The molecule has 2 aliphatic carbocycles. The molecule has 0 amide bonds. The molecule has 0 atom stereocenters. The molecule has 2 saturated carbocycles. The van der Waals surface area contributed by atoms with Crippen LogP contribution < -0.4 is 5.32 Å². The number of nitrogens with one attached hydrogen (secondary N) is 1. The zero-order valence-electron chi connectivity index (χ0n) is 16.4. The summed E-state index contributed by atoms with van der Waals surface area (Å²) in [5.74, 6) is 1.44. The molecule has 2 fully saturated rings. The second kappa shape index (κ2) is 7.83. The predicted octanol–water partition coefficient (Wildman–Crippen LogP) is 2.89. The monoisotopic (exact) mass is 381 g/mol. The Morgan fingerprint density at radius 1 is 1.25 bits per heavy atom. The van der Waals surface area contributed by atoms with Crippen molar-refractivity contribution in [3.05, 3.63) is 35.7 Å². The van der Waals surface area contributed by atoms with E-state index in [1.54, 1.807) is 6.20 Å². The highest BCUT2D eigenvalue weighted by molar-refractivity contribution is 5.69. The number of aliphatic carboxylic acids is 1. The molecule has 2 aliphatic rings. The van der Waals surface area contributed by atoms with Crippen molar-refractivity contribution in [3.63, 3.8) is 0 Å². The fraction of sp³-hybridized carbons (Fsp3) is 0.524. The lowest BCUT2D eigenvalue weighted by Gasteiger charge is -2.43. The summed E-state index contributed by atoms with van der Waals surface area (Å²) in [6.07, 6.45) is 6.11. The lowest BCUT2D eigenvalue weighted by molar-refractivity contribution is -0.139. The number of hydrogen-bond donors (Lipinski definition) is 2. The quantitative estimate of drug-likeness (QED) is 0.726. The van der Waals surface area contributed by atoms with E-state index in [0.717, 1.165) is 42.2 Å². The largest absolute Gasteiger partial charge is 0.480 e. The van der Waals surface area contributed by atoms with Crippen molar-refractivity contribution in [2.24, 2.45) is 5.92 Å². The first kappa shape index (κ1) is 18.8. The van der Waals surface area contributed by atoms with E-state index in [-0.39, 0.29) is 6.54 Å². The zero-order valence-corrected chi connectivity index (χ0v) is 16.4. The third kappa shape index (κ3) is 4.30. The molecule has 0 aromatic carbocycles. The van der Waals surface area contributed by atoms with Crippen LogP contribution in [0.1, 0.15) is 36.9 Å². The first-order chi connectivity index (χ1) is 13.5. The van der Waals surface area contributed by atoms with Gasteiger partial charge in [0.25, 0.3) is 0 Å². The van der Waals surface area contributed by atoms with Crippen LogP contribution in [0.4, 0.5) is 5.82 Å². The Morgan fingerprint density at radius 2 is 2.04 bits per heavy atom. The van der Waals surface area contributed by atoms with Crippen LogP contribution in [0.2, 0.25) is 0 Å². The average Bonchev–Trinajstić information content (AvgIpc) is 3.45. The molecule has 2 aromatic rings. The van der Waals surface area contributed by atoms with Gasteiger partial charge in [0, 0.05) is 36.1 Å². The highest BCUT2D eigenvalue weighted by Crippen LogP contribution is 2.35. The van der Waals surface area contributed by atoms with Gasteiger partial charge in [0.1, 0.15) is 11.5 Å². The van der Waals surface area contributed by atoms with Gasteiger partial charge in [-0.15, -0.1) is 0 Å². The van der Waals surface area contributed by atoms with E-state index in [2.05, 4.69) is 20.2 Å². The Hall–Kier alpha value is -2.54. The molecule has 7 heteroatoms. The Bertz CT molecular complexity index is 847. The van der Waals surface area contributed by atoms with E-state index >= 15 is 0 Å². The maximum Gasteiger partial charge on any atom is 0.317 e. The summed E-state index contributed by atoms with van der Waals surface area (Å²) >= 11 is 0. The van der Waals surface area contributed by atoms with Gasteiger partial charge in [-0.2, -0.15) is 0 Å². The number of carboxylic acids is 1. The van der Waals surface area contributed by atoms with Crippen LogP contribution in [0.3, 0.4) is 0 Å². The molecule has 7 nitrogen and oxygen atoms in total. The summed E-state index contributed by atoms with van der Waals surface area (Å²) in [6, 6.07) is 6.37. The van der Waals surface area contributed by atoms with Gasteiger partial charge in [0.15, 0.2) is 5.82 Å². The van der Waals surface area contributed by atoms with Gasteiger partial charge in [0.2, 0.25) is 0 Å². The third-order valence-corrected chi connectivity index (χ3v) is 5.78. The van der Waals surface area contributed by atoms with Gasteiger partial charge in [-0.25, -0.2) is 9.97 Å².